The van der Waals surface area contributed by atoms with Gasteiger partial charge in [-0.15, -0.1) is 0 Å². The molecule has 0 bridgehead atoms. The number of hydrogen-bond acceptors (Lipinski definition) is 4. The van der Waals surface area contributed by atoms with E-state index in [0.29, 0.717) is 12.3 Å². The van der Waals surface area contributed by atoms with Crippen LogP contribution in [0.4, 0.5) is 0 Å². The summed E-state index contributed by atoms with van der Waals surface area (Å²) in [5.74, 6) is 1.53. The van der Waals surface area contributed by atoms with Gasteiger partial charge >= 0.3 is 0 Å². The summed E-state index contributed by atoms with van der Waals surface area (Å²) in [4.78, 5) is 4.89. The van der Waals surface area contributed by atoms with Gasteiger partial charge in [0.1, 0.15) is 5.75 Å². The SMILES string of the molecule is CC(C)COc1ccc2ccccc2c1CN1CCN(CCC#N)CC1. The highest BCUT2D eigenvalue weighted by Crippen LogP contribution is 2.30. The summed E-state index contributed by atoms with van der Waals surface area (Å²) in [6.45, 7) is 11.1. The first-order valence-corrected chi connectivity index (χ1v) is 9.62. The van der Waals surface area contributed by atoms with Crippen molar-refractivity contribution in [2.24, 2.45) is 5.92 Å². The van der Waals surface area contributed by atoms with Crippen molar-refractivity contribution in [3.8, 4) is 11.8 Å². The lowest BCUT2D eigenvalue weighted by atomic mass is 10.0. The Bertz CT molecular complexity index is 758. The molecule has 0 amide bonds. The standard InChI is InChI=1S/C22H29N3O/c1-18(2)17-26-22-9-8-19-6-3-4-7-20(19)21(22)16-25-14-12-24(13-15-25)11-5-10-23/h3-4,6-9,18H,5,11-17H2,1-2H3. The average molecular weight is 351 g/mol. The summed E-state index contributed by atoms with van der Waals surface area (Å²) in [5.41, 5.74) is 1.30. The Hall–Kier alpha value is -2.09. The Morgan fingerprint density at radius 1 is 1.04 bits per heavy atom. The molecule has 1 fully saturated rings. The highest BCUT2D eigenvalue weighted by molar-refractivity contribution is 5.87. The van der Waals surface area contributed by atoms with Crippen LogP contribution in [0.25, 0.3) is 10.8 Å². The summed E-state index contributed by atoms with van der Waals surface area (Å²) in [6.07, 6.45) is 0.622. The molecule has 4 nitrogen and oxygen atoms in total. The van der Waals surface area contributed by atoms with Crippen LogP contribution in [0.15, 0.2) is 36.4 Å². The first kappa shape index (κ1) is 18.7. The fourth-order valence-corrected chi connectivity index (χ4v) is 3.47. The molecule has 1 aliphatic rings. The number of rotatable bonds is 7. The minimum atomic E-state index is 0.512. The molecule has 0 radical (unpaired) electrons. The molecule has 0 aliphatic carbocycles. The first-order valence-electron chi connectivity index (χ1n) is 9.62. The van der Waals surface area contributed by atoms with Crippen molar-refractivity contribution in [1.82, 2.24) is 9.80 Å². The third-order valence-electron chi connectivity index (χ3n) is 4.96. The van der Waals surface area contributed by atoms with E-state index in [-0.39, 0.29) is 0 Å². The van der Waals surface area contributed by atoms with Gasteiger partial charge in [0.2, 0.25) is 0 Å². The lowest BCUT2D eigenvalue weighted by molar-refractivity contribution is 0.128. The molecule has 0 saturated carbocycles. The Labute approximate surface area is 157 Å². The van der Waals surface area contributed by atoms with Gasteiger partial charge in [0.25, 0.3) is 0 Å². The second-order valence-corrected chi connectivity index (χ2v) is 7.49. The van der Waals surface area contributed by atoms with E-state index in [1.807, 2.05) is 0 Å². The molecular weight excluding hydrogens is 322 g/mol. The molecule has 138 valence electrons. The Morgan fingerprint density at radius 2 is 1.77 bits per heavy atom. The monoisotopic (exact) mass is 351 g/mol. The molecule has 1 heterocycles. The third-order valence-corrected chi connectivity index (χ3v) is 4.96. The molecule has 0 aromatic heterocycles. The highest BCUT2D eigenvalue weighted by Gasteiger charge is 2.19. The van der Waals surface area contributed by atoms with Gasteiger partial charge in [-0.3, -0.25) is 9.80 Å². The van der Waals surface area contributed by atoms with Gasteiger partial charge in [0, 0.05) is 51.3 Å². The van der Waals surface area contributed by atoms with Gasteiger partial charge in [-0.2, -0.15) is 5.26 Å². The van der Waals surface area contributed by atoms with Gasteiger partial charge in [-0.25, -0.2) is 0 Å². The number of nitrogens with zero attached hydrogens (tertiary/aromatic N) is 3. The van der Waals surface area contributed by atoms with Gasteiger partial charge in [-0.1, -0.05) is 44.2 Å². The fourth-order valence-electron chi connectivity index (χ4n) is 3.47. The third kappa shape index (κ3) is 4.75. The number of fused-ring (bicyclic) bond motifs is 1. The van der Waals surface area contributed by atoms with E-state index in [2.05, 4.69) is 66.1 Å². The Morgan fingerprint density at radius 3 is 2.50 bits per heavy atom. The van der Waals surface area contributed by atoms with Crippen molar-refractivity contribution < 1.29 is 4.74 Å². The molecule has 0 N–H and O–H groups in total. The van der Waals surface area contributed by atoms with Crippen molar-refractivity contribution in [1.29, 1.82) is 5.26 Å². The maximum atomic E-state index is 8.76. The van der Waals surface area contributed by atoms with Gasteiger partial charge < -0.3 is 4.74 Å². The van der Waals surface area contributed by atoms with Crippen LogP contribution in [0, 0.1) is 17.2 Å². The van der Waals surface area contributed by atoms with Crippen molar-refractivity contribution in [2.45, 2.75) is 26.8 Å². The molecule has 0 atom stereocenters. The first-order chi connectivity index (χ1) is 12.7. The zero-order valence-corrected chi connectivity index (χ0v) is 15.9. The number of benzene rings is 2. The van der Waals surface area contributed by atoms with E-state index in [0.717, 1.165) is 51.6 Å². The molecular formula is C22H29N3O. The van der Waals surface area contributed by atoms with E-state index >= 15 is 0 Å². The van der Waals surface area contributed by atoms with Crippen molar-refractivity contribution in [3.05, 3.63) is 42.0 Å². The van der Waals surface area contributed by atoms with Gasteiger partial charge in [0.05, 0.1) is 12.7 Å². The van der Waals surface area contributed by atoms with Crippen molar-refractivity contribution in [2.75, 3.05) is 39.3 Å². The number of hydrogen-bond donors (Lipinski definition) is 0. The van der Waals surface area contributed by atoms with Crippen LogP contribution in [0.3, 0.4) is 0 Å². The van der Waals surface area contributed by atoms with Crippen LogP contribution in [0.1, 0.15) is 25.8 Å². The summed E-state index contributed by atoms with van der Waals surface area (Å²) >= 11 is 0. The maximum absolute atomic E-state index is 8.76. The van der Waals surface area contributed by atoms with E-state index in [9.17, 15) is 0 Å². The largest absolute Gasteiger partial charge is 0.493 e. The molecule has 1 aliphatic heterocycles. The number of piperazine rings is 1. The van der Waals surface area contributed by atoms with Crippen LogP contribution < -0.4 is 4.74 Å². The molecule has 26 heavy (non-hydrogen) atoms. The van der Waals surface area contributed by atoms with Crippen LogP contribution in [-0.2, 0) is 6.54 Å². The highest BCUT2D eigenvalue weighted by atomic mass is 16.5. The molecule has 0 spiro atoms. The maximum Gasteiger partial charge on any atom is 0.124 e. The van der Waals surface area contributed by atoms with E-state index in [4.69, 9.17) is 10.00 Å². The molecule has 4 heteroatoms. The Balaban J connectivity index is 1.75. The van der Waals surface area contributed by atoms with Gasteiger partial charge in [-0.05, 0) is 22.8 Å². The predicted molar refractivity (Wildman–Crippen MR) is 106 cm³/mol. The lowest BCUT2D eigenvalue weighted by Gasteiger charge is -2.34. The smallest absolute Gasteiger partial charge is 0.124 e. The van der Waals surface area contributed by atoms with Gasteiger partial charge in [0.15, 0.2) is 0 Å². The molecule has 2 aromatic rings. The van der Waals surface area contributed by atoms with Crippen molar-refractivity contribution >= 4 is 10.8 Å². The molecule has 3 rings (SSSR count). The molecule has 2 aromatic carbocycles. The molecule has 1 saturated heterocycles. The normalized spacial score (nSPS) is 16.1. The number of nitriles is 1. The Kier molecular flexibility index (Phi) is 6.49. The zero-order valence-electron chi connectivity index (χ0n) is 15.9. The number of ether oxygens (including phenoxy) is 1. The summed E-state index contributed by atoms with van der Waals surface area (Å²) in [5, 5.41) is 11.3. The van der Waals surface area contributed by atoms with Crippen LogP contribution in [-0.4, -0.2) is 49.1 Å². The topological polar surface area (TPSA) is 39.5 Å². The van der Waals surface area contributed by atoms with E-state index < -0.39 is 0 Å². The second kappa shape index (κ2) is 9.02. The van der Waals surface area contributed by atoms with E-state index in [1.165, 1.54) is 16.3 Å². The van der Waals surface area contributed by atoms with Crippen LogP contribution in [0.2, 0.25) is 0 Å². The average Bonchev–Trinajstić information content (AvgIpc) is 2.66. The minimum Gasteiger partial charge on any atom is -0.493 e. The summed E-state index contributed by atoms with van der Waals surface area (Å²) in [7, 11) is 0. The van der Waals surface area contributed by atoms with Crippen molar-refractivity contribution in [3.63, 3.8) is 0 Å². The zero-order chi connectivity index (χ0) is 18.4. The van der Waals surface area contributed by atoms with Crippen LogP contribution in [0.5, 0.6) is 5.75 Å². The van der Waals surface area contributed by atoms with E-state index in [1.54, 1.807) is 0 Å². The second-order valence-electron chi connectivity index (χ2n) is 7.49. The summed E-state index contributed by atoms with van der Waals surface area (Å²) in [6, 6.07) is 15.1. The minimum absolute atomic E-state index is 0.512. The fraction of sp³-hybridized carbons (Fsp3) is 0.500. The quantitative estimate of drug-likeness (QED) is 0.758. The summed E-state index contributed by atoms with van der Waals surface area (Å²) < 4.78 is 6.15. The lowest BCUT2D eigenvalue weighted by Crippen LogP contribution is -2.46. The van der Waals surface area contributed by atoms with Crippen LogP contribution >= 0.6 is 0 Å². The predicted octanol–water partition coefficient (Wildman–Crippen LogP) is 3.91. The molecule has 0 unspecified atom stereocenters.